The molecule has 1 aliphatic rings. The van der Waals surface area contributed by atoms with E-state index in [2.05, 4.69) is 16.0 Å². The second kappa shape index (κ2) is 10.0. The van der Waals surface area contributed by atoms with Gasteiger partial charge in [-0.1, -0.05) is 42.5 Å². The maximum atomic E-state index is 12.7. The minimum Gasteiger partial charge on any atom is -0.377 e. The fourth-order valence-electron chi connectivity index (χ4n) is 3.24. The largest absolute Gasteiger partial charge is 0.377 e. The Balaban J connectivity index is 1.55. The van der Waals surface area contributed by atoms with Gasteiger partial charge in [-0.25, -0.2) is 0 Å². The van der Waals surface area contributed by atoms with Crippen LogP contribution in [0, 0.1) is 0 Å². The standard InChI is InChI=1S/C22H27N3O3/c1-16(17-8-3-2-4-9-17)24-22(27)19-11-5-6-12-20(19)25-21(26)15-23-14-18-10-7-13-28-18/h2-6,8-9,11-12,16,18,23H,7,10,13-15H2,1H3,(H,24,27)(H,25,26). The summed E-state index contributed by atoms with van der Waals surface area (Å²) in [5.74, 6) is -0.408. The number of para-hydroxylation sites is 1. The third kappa shape index (κ3) is 5.65. The molecule has 0 aromatic heterocycles. The lowest BCUT2D eigenvalue weighted by Crippen LogP contribution is -2.34. The molecule has 1 saturated heterocycles. The number of nitrogens with one attached hydrogen (secondary N) is 3. The van der Waals surface area contributed by atoms with Crippen LogP contribution in [0.15, 0.2) is 54.6 Å². The molecule has 6 heteroatoms. The molecule has 2 atom stereocenters. The first-order chi connectivity index (χ1) is 13.6. The van der Waals surface area contributed by atoms with Gasteiger partial charge < -0.3 is 20.7 Å². The Bertz CT molecular complexity index is 789. The van der Waals surface area contributed by atoms with Crippen LogP contribution in [0.1, 0.15) is 41.7 Å². The molecule has 2 aromatic rings. The van der Waals surface area contributed by atoms with Gasteiger partial charge in [0.15, 0.2) is 0 Å². The summed E-state index contributed by atoms with van der Waals surface area (Å²) in [6.45, 7) is 3.56. The van der Waals surface area contributed by atoms with Gasteiger partial charge in [-0.05, 0) is 37.5 Å². The Kier molecular flexibility index (Phi) is 7.17. The van der Waals surface area contributed by atoms with Crippen molar-refractivity contribution in [3.8, 4) is 0 Å². The third-order valence-electron chi connectivity index (χ3n) is 4.77. The second-order valence-electron chi connectivity index (χ2n) is 6.97. The van der Waals surface area contributed by atoms with Crippen LogP contribution in [0.5, 0.6) is 0 Å². The number of hydrogen-bond acceptors (Lipinski definition) is 4. The first-order valence-electron chi connectivity index (χ1n) is 9.70. The Morgan fingerprint density at radius 1 is 1.11 bits per heavy atom. The zero-order valence-electron chi connectivity index (χ0n) is 16.1. The normalized spacial score (nSPS) is 17.1. The molecule has 2 aromatic carbocycles. The lowest BCUT2D eigenvalue weighted by molar-refractivity contribution is -0.115. The van der Waals surface area contributed by atoms with E-state index in [0.717, 1.165) is 25.0 Å². The maximum Gasteiger partial charge on any atom is 0.253 e. The quantitative estimate of drug-likeness (QED) is 0.657. The molecule has 3 rings (SSSR count). The molecule has 0 bridgehead atoms. The van der Waals surface area contributed by atoms with E-state index in [0.29, 0.717) is 17.8 Å². The van der Waals surface area contributed by atoms with Gasteiger partial charge in [-0.2, -0.15) is 0 Å². The van der Waals surface area contributed by atoms with Crippen molar-refractivity contribution in [3.05, 3.63) is 65.7 Å². The minimum absolute atomic E-state index is 0.134. The van der Waals surface area contributed by atoms with E-state index in [9.17, 15) is 9.59 Å². The molecule has 148 valence electrons. The summed E-state index contributed by atoms with van der Waals surface area (Å²) in [5, 5.41) is 8.92. The zero-order valence-corrected chi connectivity index (χ0v) is 16.1. The van der Waals surface area contributed by atoms with Crippen LogP contribution < -0.4 is 16.0 Å². The van der Waals surface area contributed by atoms with E-state index in [4.69, 9.17) is 4.74 Å². The third-order valence-corrected chi connectivity index (χ3v) is 4.77. The number of amides is 2. The molecule has 2 unspecified atom stereocenters. The molecule has 0 aliphatic carbocycles. The lowest BCUT2D eigenvalue weighted by Gasteiger charge is -2.16. The number of hydrogen-bond donors (Lipinski definition) is 3. The predicted octanol–water partition coefficient (Wildman–Crippen LogP) is 2.88. The molecule has 3 N–H and O–H groups in total. The molecule has 1 aliphatic heterocycles. The molecule has 1 fully saturated rings. The highest BCUT2D eigenvalue weighted by Gasteiger charge is 2.17. The smallest absolute Gasteiger partial charge is 0.253 e. The van der Waals surface area contributed by atoms with Crippen molar-refractivity contribution in [2.45, 2.75) is 31.9 Å². The van der Waals surface area contributed by atoms with Crippen molar-refractivity contribution < 1.29 is 14.3 Å². The maximum absolute atomic E-state index is 12.7. The summed E-state index contributed by atoms with van der Waals surface area (Å²) >= 11 is 0. The first-order valence-corrected chi connectivity index (χ1v) is 9.70. The fourth-order valence-corrected chi connectivity index (χ4v) is 3.24. The van der Waals surface area contributed by atoms with Crippen molar-refractivity contribution >= 4 is 17.5 Å². The van der Waals surface area contributed by atoms with Crippen LogP contribution in [-0.2, 0) is 9.53 Å². The van der Waals surface area contributed by atoms with Crippen LogP contribution >= 0.6 is 0 Å². The number of carbonyl (C=O) groups is 2. The highest BCUT2D eigenvalue weighted by Crippen LogP contribution is 2.18. The Labute approximate surface area is 165 Å². The second-order valence-corrected chi connectivity index (χ2v) is 6.97. The molecular formula is C22H27N3O3. The van der Waals surface area contributed by atoms with Gasteiger partial charge in [0.05, 0.1) is 29.9 Å². The summed E-state index contributed by atoms with van der Waals surface area (Å²) < 4.78 is 5.53. The van der Waals surface area contributed by atoms with E-state index >= 15 is 0 Å². The summed E-state index contributed by atoms with van der Waals surface area (Å²) in [7, 11) is 0. The number of ether oxygens (including phenoxy) is 1. The van der Waals surface area contributed by atoms with E-state index in [-0.39, 0.29) is 30.5 Å². The van der Waals surface area contributed by atoms with Crippen LogP contribution in [-0.4, -0.2) is 37.6 Å². The van der Waals surface area contributed by atoms with E-state index < -0.39 is 0 Å². The van der Waals surface area contributed by atoms with Gasteiger partial charge in [-0.3, -0.25) is 9.59 Å². The number of rotatable bonds is 8. The van der Waals surface area contributed by atoms with Gasteiger partial charge in [-0.15, -0.1) is 0 Å². The topological polar surface area (TPSA) is 79.5 Å². The molecule has 2 amide bonds. The molecule has 6 nitrogen and oxygen atoms in total. The fraction of sp³-hybridized carbons (Fsp3) is 0.364. The van der Waals surface area contributed by atoms with Crippen LogP contribution in [0.3, 0.4) is 0 Å². The summed E-state index contributed by atoms with van der Waals surface area (Å²) in [6.07, 6.45) is 2.28. The number of carbonyl (C=O) groups excluding carboxylic acids is 2. The Hall–Kier alpha value is -2.70. The van der Waals surface area contributed by atoms with Crippen LogP contribution in [0.2, 0.25) is 0 Å². The van der Waals surface area contributed by atoms with Gasteiger partial charge >= 0.3 is 0 Å². The van der Waals surface area contributed by atoms with Gasteiger partial charge in [0, 0.05) is 13.2 Å². The lowest BCUT2D eigenvalue weighted by atomic mass is 10.1. The highest BCUT2D eigenvalue weighted by molar-refractivity contribution is 6.04. The molecule has 28 heavy (non-hydrogen) atoms. The Morgan fingerprint density at radius 2 is 1.86 bits per heavy atom. The Morgan fingerprint density at radius 3 is 2.61 bits per heavy atom. The number of benzene rings is 2. The summed E-state index contributed by atoms with van der Waals surface area (Å²) in [6, 6.07) is 16.7. The predicted molar refractivity (Wildman–Crippen MR) is 109 cm³/mol. The average Bonchev–Trinajstić information content (AvgIpc) is 3.22. The van der Waals surface area contributed by atoms with Crippen molar-refractivity contribution in [3.63, 3.8) is 0 Å². The minimum atomic E-state index is -0.223. The van der Waals surface area contributed by atoms with Crippen molar-refractivity contribution in [1.29, 1.82) is 0 Å². The molecule has 0 saturated carbocycles. The van der Waals surface area contributed by atoms with Crippen LogP contribution in [0.4, 0.5) is 5.69 Å². The molecule has 0 spiro atoms. The van der Waals surface area contributed by atoms with Crippen molar-refractivity contribution in [1.82, 2.24) is 10.6 Å². The van der Waals surface area contributed by atoms with Crippen molar-refractivity contribution in [2.24, 2.45) is 0 Å². The van der Waals surface area contributed by atoms with Gasteiger partial charge in [0.2, 0.25) is 5.91 Å². The molecular weight excluding hydrogens is 354 g/mol. The van der Waals surface area contributed by atoms with Gasteiger partial charge in [0.25, 0.3) is 5.91 Å². The SMILES string of the molecule is CC(NC(=O)c1ccccc1NC(=O)CNCC1CCCO1)c1ccccc1. The van der Waals surface area contributed by atoms with E-state index in [1.54, 1.807) is 24.3 Å². The average molecular weight is 381 g/mol. The monoisotopic (exact) mass is 381 g/mol. The van der Waals surface area contributed by atoms with Crippen molar-refractivity contribution in [2.75, 3.05) is 25.0 Å². The zero-order chi connectivity index (χ0) is 19.8. The molecule has 1 heterocycles. The summed E-state index contributed by atoms with van der Waals surface area (Å²) in [5.41, 5.74) is 1.97. The number of anilines is 1. The molecule has 0 radical (unpaired) electrons. The van der Waals surface area contributed by atoms with Crippen LogP contribution in [0.25, 0.3) is 0 Å². The van der Waals surface area contributed by atoms with Gasteiger partial charge in [0.1, 0.15) is 0 Å². The highest BCUT2D eigenvalue weighted by atomic mass is 16.5. The van der Waals surface area contributed by atoms with E-state index in [1.807, 2.05) is 37.3 Å². The first kappa shape index (κ1) is 20.0. The van der Waals surface area contributed by atoms with E-state index in [1.165, 1.54) is 0 Å². The summed E-state index contributed by atoms with van der Waals surface area (Å²) in [4.78, 5) is 25.0.